The fraction of sp³-hybridized carbons (Fsp3) is 0.353. The number of halogens is 4. The van der Waals surface area contributed by atoms with Crippen molar-refractivity contribution < 1.29 is 32.1 Å². The summed E-state index contributed by atoms with van der Waals surface area (Å²) in [5, 5.41) is 13.6. The highest BCUT2D eigenvalue weighted by Gasteiger charge is 2.43. The van der Waals surface area contributed by atoms with E-state index >= 15 is 4.39 Å². The number of piperidine rings is 1. The van der Waals surface area contributed by atoms with Gasteiger partial charge in [0.1, 0.15) is 24.0 Å². The van der Waals surface area contributed by atoms with Crippen LogP contribution in [0.4, 0.5) is 29.1 Å². The number of rotatable bonds is 11. The van der Waals surface area contributed by atoms with Gasteiger partial charge in [0.2, 0.25) is 0 Å². The third-order valence-electron chi connectivity index (χ3n) is 8.48. The number of nitrogens with one attached hydrogen (secondary N) is 1. The number of hydrogen-bond acceptors (Lipinski definition) is 10. The number of nitrogens with two attached hydrogens (primary N) is 1. The van der Waals surface area contributed by atoms with Crippen LogP contribution >= 0.6 is 0 Å². The monoisotopic (exact) mass is 680 g/mol. The van der Waals surface area contributed by atoms with Gasteiger partial charge in [0.15, 0.2) is 34.3 Å². The molecule has 1 aliphatic rings. The second-order valence-electron chi connectivity index (χ2n) is 12.5. The minimum absolute atomic E-state index is 0.0878. The van der Waals surface area contributed by atoms with Crippen molar-refractivity contribution in [2.45, 2.75) is 57.0 Å². The first kappa shape index (κ1) is 33.9. The van der Waals surface area contributed by atoms with Gasteiger partial charge in [-0.3, -0.25) is 4.98 Å². The summed E-state index contributed by atoms with van der Waals surface area (Å²) in [5.41, 5.74) is 5.89. The largest absolute Gasteiger partial charge is 0.494 e. The average Bonchev–Trinajstić information content (AvgIpc) is 3.48. The van der Waals surface area contributed by atoms with Crippen LogP contribution in [0.5, 0.6) is 11.5 Å². The minimum Gasteiger partial charge on any atom is -0.494 e. The van der Waals surface area contributed by atoms with Gasteiger partial charge in [0, 0.05) is 24.7 Å². The first-order chi connectivity index (χ1) is 23.4. The van der Waals surface area contributed by atoms with Gasteiger partial charge in [-0.1, -0.05) is 18.2 Å². The first-order valence-corrected chi connectivity index (χ1v) is 15.6. The summed E-state index contributed by atoms with van der Waals surface area (Å²) < 4.78 is 69.9. The third-order valence-corrected chi connectivity index (χ3v) is 8.48. The van der Waals surface area contributed by atoms with Crippen molar-refractivity contribution in [1.29, 1.82) is 0 Å². The number of pyridine rings is 1. The van der Waals surface area contributed by atoms with E-state index in [9.17, 15) is 18.3 Å². The van der Waals surface area contributed by atoms with Crippen LogP contribution < -0.4 is 25.4 Å². The van der Waals surface area contributed by atoms with Gasteiger partial charge in [0.05, 0.1) is 43.1 Å². The fourth-order valence-corrected chi connectivity index (χ4v) is 6.11. The number of anilines is 2. The number of methoxy groups -OCH3 is 1. The van der Waals surface area contributed by atoms with E-state index < -0.39 is 35.4 Å². The van der Waals surface area contributed by atoms with Crippen LogP contribution in [-0.2, 0) is 6.54 Å². The molecule has 1 aliphatic heterocycles. The zero-order valence-electron chi connectivity index (χ0n) is 27.1. The molecule has 258 valence electrons. The third kappa shape index (κ3) is 7.08. The van der Waals surface area contributed by atoms with E-state index in [1.807, 2.05) is 44.2 Å². The Balaban J connectivity index is 1.38. The number of para-hydroxylation sites is 1. The van der Waals surface area contributed by atoms with Gasteiger partial charge in [-0.2, -0.15) is 0 Å². The van der Waals surface area contributed by atoms with Crippen molar-refractivity contribution in [2.75, 3.05) is 30.4 Å². The normalized spacial score (nSPS) is 17.4. The molecule has 0 amide bonds. The Hall–Kier alpha value is -5.02. The summed E-state index contributed by atoms with van der Waals surface area (Å²) >= 11 is 0. The Kier molecular flexibility index (Phi) is 9.31. The summed E-state index contributed by atoms with van der Waals surface area (Å²) in [4.78, 5) is 19.6. The molecule has 4 N–H and O–H groups in total. The van der Waals surface area contributed by atoms with Crippen LogP contribution in [0.25, 0.3) is 22.4 Å². The smallest absolute Gasteiger partial charge is 0.265 e. The standard InChI is InChI=1S/C34H36F4N8O3/c1-33(2,49-21-8-5-4-6-9-21)44-31-28-32(42-18-41-31)46(19-43-28)16-20-12-25(22-13-24(36)27(48-3)14-23(22)35)40-15-26(20)45-11-7-10-34(39,17-45)29(47)30(37)38/h4-6,8-9,12-15,18-19,29-30,47H,7,10-11,16-17,39H2,1-3H3,(H,41,42,44)/t29-,34-/m1/s1. The summed E-state index contributed by atoms with van der Waals surface area (Å²) in [7, 11) is 1.24. The van der Waals surface area contributed by atoms with E-state index in [2.05, 4.69) is 25.3 Å². The Morgan fingerprint density at radius 3 is 2.57 bits per heavy atom. The number of aromatic nitrogens is 5. The molecule has 0 aliphatic carbocycles. The van der Waals surface area contributed by atoms with Crippen LogP contribution in [0.1, 0.15) is 32.3 Å². The van der Waals surface area contributed by atoms with E-state index in [-0.39, 0.29) is 36.5 Å². The van der Waals surface area contributed by atoms with Gasteiger partial charge in [-0.25, -0.2) is 32.5 Å². The van der Waals surface area contributed by atoms with Crippen molar-refractivity contribution in [2.24, 2.45) is 5.73 Å². The molecule has 1 fully saturated rings. The molecule has 11 nitrogen and oxygen atoms in total. The molecule has 5 aromatic rings. The van der Waals surface area contributed by atoms with E-state index in [1.165, 1.54) is 19.6 Å². The maximum absolute atomic E-state index is 15.2. The summed E-state index contributed by atoms with van der Waals surface area (Å²) in [6.07, 6.45) is -0.0336. The Labute approximate surface area is 279 Å². The second-order valence-corrected chi connectivity index (χ2v) is 12.5. The number of ether oxygens (including phenoxy) is 2. The molecule has 15 heteroatoms. The predicted octanol–water partition coefficient (Wildman–Crippen LogP) is 5.37. The van der Waals surface area contributed by atoms with Gasteiger partial charge in [-0.05, 0) is 56.5 Å². The molecule has 0 unspecified atom stereocenters. The highest BCUT2D eigenvalue weighted by molar-refractivity contribution is 5.83. The van der Waals surface area contributed by atoms with Gasteiger partial charge < -0.3 is 35.1 Å². The summed E-state index contributed by atoms with van der Waals surface area (Å²) in [6.45, 7) is 4.16. The lowest BCUT2D eigenvalue weighted by Crippen LogP contribution is -2.63. The quantitative estimate of drug-likeness (QED) is 0.123. The molecule has 49 heavy (non-hydrogen) atoms. The van der Waals surface area contributed by atoms with Crippen molar-refractivity contribution in [3.05, 3.63) is 84.6 Å². The number of benzene rings is 2. The molecule has 6 rings (SSSR count). The Bertz CT molecular complexity index is 1940. The average molecular weight is 681 g/mol. The number of imidazole rings is 1. The van der Waals surface area contributed by atoms with Crippen LogP contribution in [-0.4, -0.2) is 73.6 Å². The number of nitrogens with zero attached hydrogens (tertiary/aromatic N) is 6. The Morgan fingerprint density at radius 1 is 1.06 bits per heavy atom. The van der Waals surface area contributed by atoms with Crippen molar-refractivity contribution in [3.63, 3.8) is 0 Å². The van der Waals surface area contributed by atoms with Gasteiger partial charge >= 0.3 is 0 Å². The van der Waals surface area contributed by atoms with E-state index in [1.54, 1.807) is 21.9 Å². The first-order valence-electron chi connectivity index (χ1n) is 15.6. The maximum Gasteiger partial charge on any atom is 0.265 e. The van der Waals surface area contributed by atoms with Crippen LogP contribution in [0, 0.1) is 11.6 Å². The molecule has 0 spiro atoms. The number of aliphatic hydroxyl groups is 1. The maximum atomic E-state index is 15.2. The number of alkyl halides is 2. The van der Waals surface area contributed by atoms with Crippen LogP contribution in [0.15, 0.2) is 67.4 Å². The SMILES string of the molecule is COc1cc(F)c(-c2cc(Cn3cnc4c(NC(C)(C)Oc5ccccc5)ncnc43)c(N3CCC[C@](N)([C@H](O)C(F)F)C3)cn2)cc1F. The lowest BCUT2D eigenvalue weighted by molar-refractivity contribution is -0.0529. The lowest BCUT2D eigenvalue weighted by Gasteiger charge is -2.44. The predicted molar refractivity (Wildman–Crippen MR) is 176 cm³/mol. The molecule has 3 aromatic heterocycles. The topological polar surface area (TPSA) is 136 Å². The molecule has 0 saturated carbocycles. The number of aliphatic hydroxyl groups excluding tert-OH is 1. The molecular weight excluding hydrogens is 644 g/mol. The van der Waals surface area contributed by atoms with E-state index in [0.29, 0.717) is 46.9 Å². The number of hydrogen-bond donors (Lipinski definition) is 3. The lowest BCUT2D eigenvalue weighted by atomic mass is 9.84. The van der Waals surface area contributed by atoms with Gasteiger partial charge in [0.25, 0.3) is 6.43 Å². The highest BCUT2D eigenvalue weighted by Crippen LogP contribution is 2.35. The van der Waals surface area contributed by atoms with Crippen molar-refractivity contribution in [3.8, 4) is 22.8 Å². The molecule has 0 bridgehead atoms. The fourth-order valence-electron chi connectivity index (χ4n) is 6.11. The molecular formula is C34H36F4N8O3. The summed E-state index contributed by atoms with van der Waals surface area (Å²) in [6, 6.07) is 12.8. The Morgan fingerprint density at radius 2 is 1.84 bits per heavy atom. The number of fused-ring (bicyclic) bond motifs is 1. The molecule has 4 heterocycles. The summed E-state index contributed by atoms with van der Waals surface area (Å²) in [5.74, 6) is -0.700. The highest BCUT2D eigenvalue weighted by atomic mass is 19.3. The molecule has 2 atom stereocenters. The van der Waals surface area contributed by atoms with Crippen molar-refractivity contribution >= 4 is 22.7 Å². The molecule has 1 saturated heterocycles. The minimum atomic E-state index is -3.03. The van der Waals surface area contributed by atoms with Crippen LogP contribution in [0.3, 0.4) is 0 Å². The zero-order chi connectivity index (χ0) is 34.9. The van der Waals surface area contributed by atoms with Crippen LogP contribution in [0.2, 0.25) is 0 Å². The van der Waals surface area contributed by atoms with E-state index in [4.69, 9.17) is 15.2 Å². The second kappa shape index (κ2) is 13.5. The van der Waals surface area contributed by atoms with E-state index in [0.717, 1.165) is 12.1 Å². The van der Waals surface area contributed by atoms with Crippen molar-refractivity contribution in [1.82, 2.24) is 24.5 Å². The molecule has 0 radical (unpaired) electrons. The molecule has 2 aromatic carbocycles. The zero-order valence-corrected chi connectivity index (χ0v) is 27.1. The van der Waals surface area contributed by atoms with Gasteiger partial charge in [-0.15, -0.1) is 0 Å².